The van der Waals surface area contributed by atoms with Gasteiger partial charge in [0, 0.05) is 11.1 Å². The molecule has 0 aromatic heterocycles. The highest BCUT2D eigenvalue weighted by atomic mass is 15.4. The molecule has 1 saturated heterocycles. The number of aryl methyl sites for hydroxylation is 1. The Hall–Kier alpha value is -1.34. The molecule has 0 saturated carbocycles. The third kappa shape index (κ3) is 1.88. The van der Waals surface area contributed by atoms with E-state index in [2.05, 4.69) is 37.3 Å². The molecule has 2 heterocycles. The summed E-state index contributed by atoms with van der Waals surface area (Å²) in [7, 11) is 0. The first-order valence-electron chi connectivity index (χ1n) is 7.61. The Balaban J connectivity index is 1.78. The summed E-state index contributed by atoms with van der Waals surface area (Å²) in [5.74, 6) is 0. The van der Waals surface area contributed by atoms with Crippen molar-refractivity contribution in [3.8, 4) is 0 Å². The molecule has 0 amide bonds. The zero-order chi connectivity index (χ0) is 12.9. The first kappa shape index (κ1) is 11.5. The van der Waals surface area contributed by atoms with E-state index < -0.39 is 0 Å². The van der Waals surface area contributed by atoms with Crippen molar-refractivity contribution in [3.05, 3.63) is 47.0 Å². The van der Waals surface area contributed by atoms with Gasteiger partial charge in [-0.05, 0) is 49.1 Å². The second-order valence-corrected chi connectivity index (χ2v) is 6.64. The Labute approximate surface area is 115 Å². The van der Waals surface area contributed by atoms with Crippen LogP contribution in [-0.2, 0) is 13.1 Å². The predicted molar refractivity (Wildman–Crippen MR) is 79.9 cm³/mol. The maximum Gasteiger partial charge on any atom is 0.105 e. The average Bonchev–Trinajstić information content (AvgIpc) is 2.73. The van der Waals surface area contributed by atoms with Gasteiger partial charge in [0.1, 0.15) is 13.1 Å². The van der Waals surface area contributed by atoms with E-state index in [4.69, 9.17) is 0 Å². The highest BCUT2D eigenvalue weighted by Crippen LogP contribution is 2.36. The second-order valence-electron chi connectivity index (χ2n) is 6.64. The molecular formula is C18H22N+. The summed E-state index contributed by atoms with van der Waals surface area (Å²) < 4.78 is 1.34. The van der Waals surface area contributed by atoms with Crippen LogP contribution in [0.15, 0.2) is 30.3 Å². The highest BCUT2D eigenvalue weighted by Gasteiger charge is 2.36. The SMILES string of the molecule is Cc1ccc2cc3c(cc2c1)C[N+]1(CCCCC1)C3. The molecule has 1 fully saturated rings. The van der Waals surface area contributed by atoms with Crippen LogP contribution in [0.3, 0.4) is 0 Å². The molecule has 19 heavy (non-hydrogen) atoms. The number of fused-ring (bicyclic) bond motifs is 2. The molecule has 1 nitrogen and oxygen atoms in total. The van der Waals surface area contributed by atoms with E-state index in [0.29, 0.717) is 0 Å². The van der Waals surface area contributed by atoms with Gasteiger partial charge in [0.2, 0.25) is 0 Å². The quantitative estimate of drug-likeness (QED) is 0.618. The zero-order valence-corrected chi connectivity index (χ0v) is 11.8. The summed E-state index contributed by atoms with van der Waals surface area (Å²) in [5.41, 5.74) is 4.59. The summed E-state index contributed by atoms with van der Waals surface area (Å²) in [4.78, 5) is 0. The molecule has 2 aromatic carbocycles. The molecule has 0 bridgehead atoms. The van der Waals surface area contributed by atoms with Gasteiger partial charge < -0.3 is 4.48 Å². The average molecular weight is 252 g/mol. The third-order valence-electron chi connectivity index (χ3n) is 5.09. The number of hydrogen-bond acceptors (Lipinski definition) is 0. The summed E-state index contributed by atoms with van der Waals surface area (Å²) in [6.45, 7) is 7.53. The maximum atomic E-state index is 2.46. The van der Waals surface area contributed by atoms with Gasteiger partial charge in [-0.2, -0.15) is 0 Å². The number of nitrogens with zero attached hydrogens (tertiary/aromatic N) is 1. The molecule has 0 N–H and O–H groups in total. The standard InChI is InChI=1S/C18H22N/c1-14-5-6-15-10-17-12-19(7-3-2-4-8-19)13-18(17)11-16(15)9-14/h5-6,9-11H,2-4,7-8,12-13H2,1H3/q+1. The van der Waals surface area contributed by atoms with Gasteiger partial charge in [-0.1, -0.05) is 23.8 Å². The Morgan fingerprint density at radius 2 is 1.47 bits per heavy atom. The van der Waals surface area contributed by atoms with Crippen molar-refractivity contribution in [2.75, 3.05) is 13.1 Å². The molecule has 0 radical (unpaired) electrons. The highest BCUT2D eigenvalue weighted by molar-refractivity contribution is 5.84. The number of benzene rings is 2. The van der Waals surface area contributed by atoms with Gasteiger partial charge in [-0.15, -0.1) is 0 Å². The summed E-state index contributed by atoms with van der Waals surface area (Å²) in [6, 6.07) is 11.7. The van der Waals surface area contributed by atoms with E-state index in [-0.39, 0.29) is 0 Å². The van der Waals surface area contributed by atoms with Gasteiger partial charge in [0.25, 0.3) is 0 Å². The van der Waals surface area contributed by atoms with Crippen LogP contribution in [-0.4, -0.2) is 17.6 Å². The van der Waals surface area contributed by atoms with Crippen LogP contribution in [0.2, 0.25) is 0 Å². The molecule has 1 heteroatoms. The van der Waals surface area contributed by atoms with Crippen molar-refractivity contribution < 1.29 is 4.48 Å². The fourth-order valence-corrected chi connectivity index (χ4v) is 4.08. The molecule has 2 aliphatic heterocycles. The fraction of sp³-hybridized carbons (Fsp3) is 0.444. The number of hydrogen-bond donors (Lipinski definition) is 0. The van der Waals surface area contributed by atoms with Crippen molar-refractivity contribution >= 4 is 10.8 Å². The number of rotatable bonds is 0. The lowest BCUT2D eigenvalue weighted by molar-refractivity contribution is -0.951. The molecule has 0 atom stereocenters. The summed E-state index contributed by atoms with van der Waals surface area (Å²) in [6.07, 6.45) is 4.29. The van der Waals surface area contributed by atoms with Crippen LogP contribution < -0.4 is 0 Å². The normalized spacial score (nSPS) is 20.9. The first-order valence-corrected chi connectivity index (χ1v) is 7.61. The topological polar surface area (TPSA) is 0 Å². The largest absolute Gasteiger partial charge is 0.316 e. The third-order valence-corrected chi connectivity index (χ3v) is 5.09. The van der Waals surface area contributed by atoms with Gasteiger partial charge in [0.15, 0.2) is 0 Å². The number of piperidine rings is 1. The Morgan fingerprint density at radius 1 is 0.789 bits per heavy atom. The minimum Gasteiger partial charge on any atom is -0.316 e. The van der Waals surface area contributed by atoms with Gasteiger partial charge in [-0.25, -0.2) is 0 Å². The Morgan fingerprint density at radius 3 is 2.21 bits per heavy atom. The predicted octanol–water partition coefficient (Wildman–Crippen LogP) is 4.16. The van der Waals surface area contributed by atoms with Crippen molar-refractivity contribution in [1.29, 1.82) is 0 Å². The van der Waals surface area contributed by atoms with Crippen molar-refractivity contribution in [1.82, 2.24) is 0 Å². The van der Waals surface area contributed by atoms with Crippen molar-refractivity contribution in [2.45, 2.75) is 39.3 Å². The smallest absolute Gasteiger partial charge is 0.105 e. The number of quaternary nitrogens is 1. The monoisotopic (exact) mass is 252 g/mol. The fourth-order valence-electron chi connectivity index (χ4n) is 4.08. The lowest BCUT2D eigenvalue weighted by Crippen LogP contribution is -2.46. The van der Waals surface area contributed by atoms with E-state index in [9.17, 15) is 0 Å². The lowest BCUT2D eigenvalue weighted by atomic mass is 10.0. The summed E-state index contributed by atoms with van der Waals surface area (Å²) in [5, 5.41) is 2.84. The molecule has 4 rings (SSSR count). The minimum absolute atomic E-state index is 1.28. The van der Waals surface area contributed by atoms with E-state index in [1.807, 2.05) is 0 Å². The second kappa shape index (κ2) is 4.08. The Kier molecular flexibility index (Phi) is 2.46. The molecule has 98 valence electrons. The van der Waals surface area contributed by atoms with Gasteiger partial charge in [0.05, 0.1) is 13.1 Å². The van der Waals surface area contributed by atoms with Crippen LogP contribution in [0.1, 0.15) is 36.0 Å². The maximum absolute atomic E-state index is 2.46. The Bertz CT molecular complexity index is 635. The molecule has 0 aliphatic carbocycles. The van der Waals surface area contributed by atoms with Crippen LogP contribution in [0.25, 0.3) is 10.8 Å². The van der Waals surface area contributed by atoms with Crippen LogP contribution in [0.5, 0.6) is 0 Å². The van der Waals surface area contributed by atoms with E-state index in [1.54, 1.807) is 11.1 Å². The minimum atomic E-state index is 1.28. The molecule has 1 spiro atoms. The zero-order valence-electron chi connectivity index (χ0n) is 11.8. The molecule has 2 aromatic rings. The van der Waals surface area contributed by atoms with Crippen LogP contribution >= 0.6 is 0 Å². The first-order chi connectivity index (χ1) is 9.24. The van der Waals surface area contributed by atoms with Gasteiger partial charge in [-0.3, -0.25) is 0 Å². The summed E-state index contributed by atoms with van der Waals surface area (Å²) >= 11 is 0. The molecular weight excluding hydrogens is 230 g/mol. The van der Waals surface area contributed by atoms with E-state index in [0.717, 1.165) is 0 Å². The van der Waals surface area contributed by atoms with E-state index >= 15 is 0 Å². The molecule has 2 aliphatic rings. The van der Waals surface area contributed by atoms with Crippen LogP contribution in [0.4, 0.5) is 0 Å². The molecule has 0 unspecified atom stereocenters. The van der Waals surface area contributed by atoms with Crippen LogP contribution in [0, 0.1) is 6.92 Å². The lowest BCUT2D eigenvalue weighted by Gasteiger charge is -2.37. The van der Waals surface area contributed by atoms with Gasteiger partial charge >= 0.3 is 0 Å². The van der Waals surface area contributed by atoms with Crippen molar-refractivity contribution in [2.24, 2.45) is 0 Å². The van der Waals surface area contributed by atoms with Crippen molar-refractivity contribution in [3.63, 3.8) is 0 Å². The van der Waals surface area contributed by atoms with E-state index in [1.165, 1.54) is 66.3 Å².